The van der Waals surface area contributed by atoms with Crippen molar-refractivity contribution in [3.8, 4) is 0 Å². The molecule has 2 aliphatic rings. The van der Waals surface area contributed by atoms with Crippen molar-refractivity contribution in [1.29, 1.82) is 0 Å². The summed E-state index contributed by atoms with van der Waals surface area (Å²) in [5.74, 6) is 1.98. The minimum atomic E-state index is -1.37. The van der Waals surface area contributed by atoms with Crippen LogP contribution in [0.4, 0.5) is 0 Å². The van der Waals surface area contributed by atoms with Gasteiger partial charge in [0.15, 0.2) is 6.29 Å². The van der Waals surface area contributed by atoms with E-state index in [2.05, 4.69) is 16.9 Å². The van der Waals surface area contributed by atoms with Gasteiger partial charge in [-0.05, 0) is 31.1 Å². The smallest absolute Gasteiger partial charge is 0.175 e. The second-order valence-electron chi connectivity index (χ2n) is 4.27. The van der Waals surface area contributed by atoms with Gasteiger partial charge in [-0.3, -0.25) is 0 Å². The van der Waals surface area contributed by atoms with Crippen LogP contribution in [-0.2, 0) is 9.47 Å². The first kappa shape index (κ1) is 13.6. The molecule has 0 saturated heterocycles. The van der Waals surface area contributed by atoms with Crippen molar-refractivity contribution in [3.63, 3.8) is 0 Å². The monoisotopic (exact) mass is 230 g/mol. The van der Waals surface area contributed by atoms with Crippen molar-refractivity contribution in [2.75, 3.05) is 26.9 Å². The number of allylic oxidation sites excluding steroid dienone is 2. The van der Waals surface area contributed by atoms with Crippen molar-refractivity contribution < 1.29 is 19.7 Å². The number of ether oxygens (including phenoxy) is 2. The zero-order chi connectivity index (χ0) is 11.8. The third kappa shape index (κ3) is 5.61. The first-order valence-electron chi connectivity index (χ1n) is 5.83. The number of aliphatic hydroxyl groups is 2. The Morgan fingerprint density at radius 1 is 1.19 bits per heavy atom. The van der Waals surface area contributed by atoms with E-state index in [0.29, 0.717) is 13.2 Å². The van der Waals surface area contributed by atoms with Gasteiger partial charge in [0.2, 0.25) is 0 Å². The van der Waals surface area contributed by atoms with Gasteiger partial charge in [-0.1, -0.05) is 12.2 Å². The Bertz CT molecular complexity index is 191. The van der Waals surface area contributed by atoms with Crippen LogP contribution < -0.4 is 0 Å². The summed E-state index contributed by atoms with van der Waals surface area (Å²) in [7, 11) is 1.55. The zero-order valence-electron chi connectivity index (χ0n) is 9.84. The summed E-state index contributed by atoms with van der Waals surface area (Å²) in [6.07, 6.45) is 7.81. The van der Waals surface area contributed by atoms with Crippen LogP contribution >= 0.6 is 0 Å². The molecule has 0 amide bonds. The number of hydrogen-bond acceptors (Lipinski definition) is 4. The quantitative estimate of drug-likeness (QED) is 0.419. The van der Waals surface area contributed by atoms with Crippen LogP contribution in [0.5, 0.6) is 0 Å². The third-order valence-electron chi connectivity index (χ3n) is 2.87. The van der Waals surface area contributed by atoms with E-state index in [9.17, 15) is 0 Å². The number of methoxy groups -OCH3 is 1. The van der Waals surface area contributed by atoms with Crippen molar-refractivity contribution >= 4 is 0 Å². The van der Waals surface area contributed by atoms with E-state index in [0.717, 1.165) is 11.8 Å². The van der Waals surface area contributed by atoms with Gasteiger partial charge in [0, 0.05) is 7.11 Å². The molecule has 0 aromatic carbocycles. The third-order valence-corrected chi connectivity index (χ3v) is 2.87. The molecular formula is C12H22O4. The standard InChI is InChI=1S/C7H10.C5H12O4/c1-2-7-4-3-6(1)5-7;1-8-2-3-9-4-5(6)7/h1-2,6-7H,3-5H2;5-7H,2-4H2,1H3. The van der Waals surface area contributed by atoms with Crippen molar-refractivity contribution in [2.45, 2.75) is 25.6 Å². The number of fused-ring (bicyclic) bond motifs is 2. The SMILES string of the molecule is C1=CC2CCC1C2.COCCOCC(O)O. The van der Waals surface area contributed by atoms with E-state index in [1.165, 1.54) is 19.3 Å². The van der Waals surface area contributed by atoms with Gasteiger partial charge in [0.05, 0.1) is 19.8 Å². The molecule has 0 aromatic heterocycles. The summed E-state index contributed by atoms with van der Waals surface area (Å²) in [6.45, 7) is 0.824. The van der Waals surface area contributed by atoms with Crippen molar-refractivity contribution in [3.05, 3.63) is 12.2 Å². The Balaban J connectivity index is 0.000000163. The van der Waals surface area contributed by atoms with Crippen LogP contribution in [-0.4, -0.2) is 43.4 Å². The van der Waals surface area contributed by atoms with Crippen LogP contribution in [0.25, 0.3) is 0 Å². The molecule has 2 unspecified atom stereocenters. The van der Waals surface area contributed by atoms with Gasteiger partial charge in [0.1, 0.15) is 0 Å². The number of hydrogen-bond donors (Lipinski definition) is 2. The fraction of sp³-hybridized carbons (Fsp3) is 0.833. The Morgan fingerprint density at radius 3 is 2.12 bits per heavy atom. The molecule has 94 valence electrons. The van der Waals surface area contributed by atoms with Gasteiger partial charge in [-0.25, -0.2) is 0 Å². The summed E-state index contributed by atoms with van der Waals surface area (Å²) in [5, 5.41) is 16.5. The van der Waals surface area contributed by atoms with E-state index in [1.807, 2.05) is 0 Å². The molecule has 4 nitrogen and oxygen atoms in total. The van der Waals surface area contributed by atoms with Crippen LogP contribution in [0.2, 0.25) is 0 Å². The van der Waals surface area contributed by atoms with Gasteiger partial charge in [0.25, 0.3) is 0 Å². The fourth-order valence-electron chi connectivity index (χ4n) is 2.05. The lowest BCUT2D eigenvalue weighted by molar-refractivity contribution is -0.0990. The second-order valence-corrected chi connectivity index (χ2v) is 4.27. The number of aliphatic hydroxyl groups excluding tert-OH is 1. The highest BCUT2D eigenvalue weighted by molar-refractivity contribution is 5.06. The maximum Gasteiger partial charge on any atom is 0.175 e. The van der Waals surface area contributed by atoms with Crippen molar-refractivity contribution in [2.24, 2.45) is 11.8 Å². The van der Waals surface area contributed by atoms with E-state index < -0.39 is 6.29 Å². The first-order valence-corrected chi connectivity index (χ1v) is 5.83. The van der Waals surface area contributed by atoms with E-state index >= 15 is 0 Å². The predicted molar refractivity (Wildman–Crippen MR) is 60.9 cm³/mol. The van der Waals surface area contributed by atoms with Gasteiger partial charge in [-0.2, -0.15) is 0 Å². The first-order chi connectivity index (χ1) is 7.72. The molecule has 1 fully saturated rings. The second kappa shape index (κ2) is 7.79. The Morgan fingerprint density at radius 2 is 1.81 bits per heavy atom. The van der Waals surface area contributed by atoms with Gasteiger partial charge >= 0.3 is 0 Å². The van der Waals surface area contributed by atoms with E-state index in [-0.39, 0.29) is 6.61 Å². The maximum absolute atomic E-state index is 8.24. The molecule has 0 aromatic rings. The molecule has 0 radical (unpaired) electrons. The average molecular weight is 230 g/mol. The summed E-state index contributed by atoms with van der Waals surface area (Å²) in [6, 6.07) is 0. The summed E-state index contributed by atoms with van der Waals surface area (Å²) in [4.78, 5) is 0. The topological polar surface area (TPSA) is 58.9 Å². The molecular weight excluding hydrogens is 208 g/mol. The van der Waals surface area contributed by atoms with Crippen LogP contribution in [0.3, 0.4) is 0 Å². The Labute approximate surface area is 96.9 Å². The minimum Gasteiger partial charge on any atom is -0.382 e. The van der Waals surface area contributed by atoms with Gasteiger partial charge < -0.3 is 19.7 Å². The molecule has 1 saturated carbocycles. The molecule has 2 aliphatic carbocycles. The highest BCUT2D eigenvalue weighted by Crippen LogP contribution is 2.38. The maximum atomic E-state index is 8.24. The lowest BCUT2D eigenvalue weighted by atomic mass is 10.1. The Hall–Kier alpha value is -0.420. The highest BCUT2D eigenvalue weighted by Gasteiger charge is 2.25. The molecule has 4 heteroatoms. The van der Waals surface area contributed by atoms with Crippen LogP contribution in [0, 0.1) is 11.8 Å². The lowest BCUT2D eigenvalue weighted by Gasteiger charge is -2.03. The Kier molecular flexibility index (Phi) is 6.64. The molecule has 0 heterocycles. The van der Waals surface area contributed by atoms with E-state index in [1.54, 1.807) is 7.11 Å². The normalized spacial score (nSPS) is 26.0. The molecule has 2 atom stereocenters. The van der Waals surface area contributed by atoms with E-state index in [4.69, 9.17) is 14.9 Å². The summed E-state index contributed by atoms with van der Waals surface area (Å²) >= 11 is 0. The zero-order valence-corrected chi connectivity index (χ0v) is 9.84. The number of rotatable bonds is 5. The van der Waals surface area contributed by atoms with Crippen molar-refractivity contribution in [1.82, 2.24) is 0 Å². The van der Waals surface area contributed by atoms with Gasteiger partial charge in [-0.15, -0.1) is 0 Å². The molecule has 0 aliphatic heterocycles. The summed E-state index contributed by atoms with van der Waals surface area (Å²) < 4.78 is 9.35. The molecule has 2 bridgehead atoms. The largest absolute Gasteiger partial charge is 0.382 e. The fourth-order valence-corrected chi connectivity index (χ4v) is 2.05. The highest BCUT2D eigenvalue weighted by atomic mass is 16.6. The molecule has 2 N–H and O–H groups in total. The van der Waals surface area contributed by atoms with Crippen LogP contribution in [0.1, 0.15) is 19.3 Å². The summed E-state index contributed by atoms with van der Waals surface area (Å²) in [5.41, 5.74) is 0. The molecule has 16 heavy (non-hydrogen) atoms. The average Bonchev–Trinajstić information content (AvgIpc) is 2.89. The molecule has 2 rings (SSSR count). The molecule has 0 spiro atoms. The van der Waals surface area contributed by atoms with Crippen LogP contribution in [0.15, 0.2) is 12.2 Å². The minimum absolute atomic E-state index is 0.0522. The lowest BCUT2D eigenvalue weighted by Crippen LogP contribution is -2.15. The predicted octanol–water partition coefficient (Wildman–Crippen LogP) is 0.933.